The molecule has 0 aromatic carbocycles. The third-order valence-electron chi connectivity index (χ3n) is 2.73. The van der Waals surface area contributed by atoms with E-state index in [2.05, 4.69) is 17.2 Å². The van der Waals surface area contributed by atoms with Gasteiger partial charge >= 0.3 is 0 Å². The summed E-state index contributed by atoms with van der Waals surface area (Å²) in [5.41, 5.74) is 5.70. The predicted molar refractivity (Wildman–Crippen MR) is 51.4 cm³/mol. The van der Waals surface area contributed by atoms with Gasteiger partial charge in [0.25, 0.3) is 0 Å². The highest BCUT2D eigenvalue weighted by molar-refractivity contribution is 5.15. The van der Waals surface area contributed by atoms with Gasteiger partial charge in [-0.15, -0.1) is 5.10 Å². The van der Waals surface area contributed by atoms with Crippen LogP contribution in [0.15, 0.2) is 6.20 Å². The minimum absolute atomic E-state index is 0.116. The number of rotatable bonds is 3. The molecule has 1 fully saturated rings. The molecule has 0 amide bonds. The van der Waals surface area contributed by atoms with Crippen LogP contribution in [0.4, 0.5) is 0 Å². The van der Waals surface area contributed by atoms with Crippen LogP contribution < -0.4 is 5.73 Å². The molecule has 3 N–H and O–H groups in total. The molecular formula is C9H16N4O. The molecule has 2 rings (SSSR count). The Morgan fingerprint density at radius 2 is 2.43 bits per heavy atom. The van der Waals surface area contributed by atoms with Gasteiger partial charge in [0.2, 0.25) is 0 Å². The monoisotopic (exact) mass is 196 g/mol. The molecule has 1 aliphatic carbocycles. The number of aryl methyl sites for hydroxylation is 1. The summed E-state index contributed by atoms with van der Waals surface area (Å²) in [5, 5.41) is 17.9. The molecule has 1 aromatic rings. The molecule has 0 aliphatic heterocycles. The molecule has 0 unspecified atom stereocenters. The van der Waals surface area contributed by atoms with Gasteiger partial charge in [0.05, 0.1) is 11.9 Å². The summed E-state index contributed by atoms with van der Waals surface area (Å²) in [7, 11) is 0. The largest absolute Gasteiger partial charge is 0.383 e. The molecule has 78 valence electrons. The predicted octanol–water partition coefficient (Wildman–Crippen LogP) is -0.00320. The zero-order valence-electron chi connectivity index (χ0n) is 8.35. The smallest absolute Gasteiger partial charge is 0.111 e. The normalized spacial score (nSPS) is 31.5. The summed E-state index contributed by atoms with van der Waals surface area (Å²) in [5.74, 6) is 0. The minimum Gasteiger partial charge on any atom is -0.383 e. The fourth-order valence-corrected chi connectivity index (χ4v) is 2.01. The molecule has 14 heavy (non-hydrogen) atoms. The van der Waals surface area contributed by atoms with E-state index in [1.807, 2.05) is 0 Å². The molecule has 0 bridgehead atoms. The first-order valence-corrected chi connectivity index (χ1v) is 5.02. The van der Waals surface area contributed by atoms with E-state index >= 15 is 0 Å². The topological polar surface area (TPSA) is 77.0 Å². The van der Waals surface area contributed by atoms with E-state index < -0.39 is 5.60 Å². The Kier molecular flexibility index (Phi) is 2.28. The van der Waals surface area contributed by atoms with Crippen LogP contribution in [-0.2, 0) is 12.1 Å². The Labute approximate surface area is 82.9 Å². The number of aromatic nitrogens is 3. The number of nitrogens with two attached hydrogens (primary N) is 1. The quantitative estimate of drug-likeness (QED) is 0.713. The van der Waals surface area contributed by atoms with Crippen molar-refractivity contribution in [2.45, 2.75) is 44.4 Å². The van der Waals surface area contributed by atoms with Crippen LogP contribution in [0.25, 0.3) is 0 Å². The number of aliphatic hydroxyl groups is 1. The van der Waals surface area contributed by atoms with E-state index in [1.54, 1.807) is 10.9 Å². The average Bonchev–Trinajstić information content (AvgIpc) is 2.51. The summed E-state index contributed by atoms with van der Waals surface area (Å²) < 4.78 is 1.77. The number of nitrogens with zero attached hydrogens (tertiary/aromatic N) is 3. The van der Waals surface area contributed by atoms with Crippen molar-refractivity contribution in [1.29, 1.82) is 0 Å². The molecule has 5 nitrogen and oxygen atoms in total. The zero-order valence-corrected chi connectivity index (χ0v) is 8.35. The first kappa shape index (κ1) is 9.61. The van der Waals surface area contributed by atoms with Crippen LogP contribution in [0.1, 0.15) is 31.9 Å². The second-order valence-corrected chi connectivity index (χ2v) is 4.04. The SMILES string of the molecule is CCCn1nncc1C1(O)CC(N)C1. The van der Waals surface area contributed by atoms with Crippen molar-refractivity contribution >= 4 is 0 Å². The van der Waals surface area contributed by atoms with Crippen molar-refractivity contribution in [1.82, 2.24) is 15.0 Å². The Morgan fingerprint density at radius 1 is 1.71 bits per heavy atom. The van der Waals surface area contributed by atoms with Crippen molar-refractivity contribution in [2.24, 2.45) is 5.73 Å². The highest BCUT2D eigenvalue weighted by Gasteiger charge is 2.44. The van der Waals surface area contributed by atoms with Crippen molar-refractivity contribution in [3.63, 3.8) is 0 Å². The maximum atomic E-state index is 10.2. The van der Waals surface area contributed by atoms with Gasteiger partial charge in [0, 0.05) is 12.6 Å². The van der Waals surface area contributed by atoms with E-state index in [9.17, 15) is 5.11 Å². The Morgan fingerprint density at radius 3 is 3.00 bits per heavy atom. The van der Waals surface area contributed by atoms with Crippen LogP contribution in [0.5, 0.6) is 0 Å². The summed E-state index contributed by atoms with van der Waals surface area (Å²) in [6.45, 7) is 2.87. The molecule has 1 aliphatic rings. The summed E-state index contributed by atoms with van der Waals surface area (Å²) in [6.07, 6.45) is 3.86. The van der Waals surface area contributed by atoms with Gasteiger partial charge in [-0.2, -0.15) is 0 Å². The van der Waals surface area contributed by atoms with Gasteiger partial charge < -0.3 is 10.8 Å². The highest BCUT2D eigenvalue weighted by Crippen LogP contribution is 2.39. The highest BCUT2D eigenvalue weighted by atomic mass is 16.3. The lowest BCUT2D eigenvalue weighted by Gasteiger charge is -2.41. The molecule has 0 radical (unpaired) electrons. The summed E-state index contributed by atoms with van der Waals surface area (Å²) in [6, 6.07) is 0.116. The Balaban J connectivity index is 2.19. The van der Waals surface area contributed by atoms with Crippen molar-refractivity contribution in [3.8, 4) is 0 Å². The van der Waals surface area contributed by atoms with Crippen LogP contribution in [0, 0.1) is 0 Å². The van der Waals surface area contributed by atoms with Crippen molar-refractivity contribution in [3.05, 3.63) is 11.9 Å². The maximum absolute atomic E-state index is 10.2. The van der Waals surface area contributed by atoms with E-state index in [0.29, 0.717) is 12.8 Å². The third kappa shape index (κ3) is 1.42. The maximum Gasteiger partial charge on any atom is 0.111 e. The van der Waals surface area contributed by atoms with Crippen molar-refractivity contribution in [2.75, 3.05) is 0 Å². The molecule has 0 spiro atoms. The van der Waals surface area contributed by atoms with Gasteiger partial charge in [-0.1, -0.05) is 12.1 Å². The number of hydrogen-bond donors (Lipinski definition) is 2. The van der Waals surface area contributed by atoms with E-state index in [0.717, 1.165) is 18.7 Å². The van der Waals surface area contributed by atoms with E-state index in [-0.39, 0.29) is 6.04 Å². The van der Waals surface area contributed by atoms with Gasteiger partial charge in [-0.25, -0.2) is 4.68 Å². The first-order chi connectivity index (χ1) is 6.65. The standard InChI is InChI=1S/C9H16N4O/c1-2-3-13-8(6-11-12-13)9(14)4-7(10)5-9/h6-7,14H,2-5,10H2,1H3. The van der Waals surface area contributed by atoms with Crippen LogP contribution in [0.3, 0.4) is 0 Å². The van der Waals surface area contributed by atoms with Crippen LogP contribution in [0.2, 0.25) is 0 Å². The zero-order chi connectivity index (χ0) is 10.2. The van der Waals surface area contributed by atoms with E-state index in [1.165, 1.54) is 0 Å². The number of hydrogen-bond acceptors (Lipinski definition) is 4. The molecule has 0 atom stereocenters. The molecule has 1 aromatic heterocycles. The average molecular weight is 196 g/mol. The van der Waals surface area contributed by atoms with Gasteiger partial charge in [-0.05, 0) is 19.3 Å². The van der Waals surface area contributed by atoms with E-state index in [4.69, 9.17) is 5.73 Å². The molecular weight excluding hydrogens is 180 g/mol. The van der Waals surface area contributed by atoms with Crippen molar-refractivity contribution < 1.29 is 5.11 Å². The van der Waals surface area contributed by atoms with Gasteiger partial charge in [0.15, 0.2) is 0 Å². The lowest BCUT2D eigenvalue weighted by atomic mass is 9.74. The molecule has 5 heteroatoms. The molecule has 1 heterocycles. The molecule has 1 saturated carbocycles. The lowest BCUT2D eigenvalue weighted by molar-refractivity contribution is -0.0595. The lowest BCUT2D eigenvalue weighted by Crippen LogP contribution is -2.50. The Bertz CT molecular complexity index is 316. The third-order valence-corrected chi connectivity index (χ3v) is 2.73. The fraction of sp³-hybridized carbons (Fsp3) is 0.778. The Hall–Kier alpha value is -0.940. The van der Waals surface area contributed by atoms with Crippen LogP contribution in [-0.4, -0.2) is 26.1 Å². The minimum atomic E-state index is -0.780. The second kappa shape index (κ2) is 3.33. The summed E-state index contributed by atoms with van der Waals surface area (Å²) in [4.78, 5) is 0. The fourth-order valence-electron chi connectivity index (χ4n) is 2.01. The first-order valence-electron chi connectivity index (χ1n) is 5.02. The van der Waals surface area contributed by atoms with Crippen LogP contribution >= 0.6 is 0 Å². The summed E-state index contributed by atoms with van der Waals surface area (Å²) >= 11 is 0. The second-order valence-electron chi connectivity index (χ2n) is 4.04. The molecule has 0 saturated heterocycles. The van der Waals surface area contributed by atoms with Gasteiger partial charge in [-0.3, -0.25) is 0 Å². The van der Waals surface area contributed by atoms with Gasteiger partial charge in [0.1, 0.15) is 5.60 Å².